The molecule has 3 heterocycles. The highest BCUT2D eigenvalue weighted by atomic mass is 16.5. The van der Waals surface area contributed by atoms with Crippen molar-refractivity contribution in [2.24, 2.45) is 5.41 Å². The molecule has 0 saturated carbocycles. The summed E-state index contributed by atoms with van der Waals surface area (Å²) < 4.78 is 11.9. The summed E-state index contributed by atoms with van der Waals surface area (Å²) in [5, 5.41) is 29.8. The quantitative estimate of drug-likeness (QED) is 0.466. The van der Waals surface area contributed by atoms with E-state index < -0.39 is 30.1 Å². The van der Waals surface area contributed by atoms with E-state index >= 15 is 0 Å². The lowest BCUT2D eigenvalue weighted by Crippen LogP contribution is -2.54. The molecule has 4 atom stereocenters. The molecule has 4 rings (SSSR count). The van der Waals surface area contributed by atoms with Crippen molar-refractivity contribution in [3.63, 3.8) is 0 Å². The van der Waals surface area contributed by atoms with Crippen LogP contribution in [0.2, 0.25) is 0 Å². The van der Waals surface area contributed by atoms with Gasteiger partial charge in [-0.3, -0.25) is 4.79 Å². The molecule has 9 heteroatoms. The number of anilines is 1. The number of carbonyl (C=O) groups excluding carboxylic acids is 1. The molecule has 9 nitrogen and oxygen atoms in total. The van der Waals surface area contributed by atoms with Crippen molar-refractivity contribution in [2.45, 2.75) is 58.3 Å². The summed E-state index contributed by atoms with van der Waals surface area (Å²) in [5.41, 5.74) is 2.76. The third-order valence-corrected chi connectivity index (χ3v) is 8.10. The lowest BCUT2D eigenvalue weighted by Gasteiger charge is -2.40. The molecule has 1 amide bonds. The van der Waals surface area contributed by atoms with Crippen molar-refractivity contribution in [3.05, 3.63) is 47.2 Å². The minimum atomic E-state index is -1.47. The van der Waals surface area contributed by atoms with Crippen molar-refractivity contribution < 1.29 is 29.6 Å². The number of likely N-dealkylation sites (tertiary alicyclic amines) is 1. The molecule has 1 aromatic heterocycles. The summed E-state index contributed by atoms with van der Waals surface area (Å²) >= 11 is 0. The summed E-state index contributed by atoms with van der Waals surface area (Å²) in [6.45, 7) is 9.27. The zero-order chi connectivity index (χ0) is 26.9. The van der Waals surface area contributed by atoms with Crippen LogP contribution in [0.25, 0.3) is 0 Å². The van der Waals surface area contributed by atoms with Crippen LogP contribution in [0.1, 0.15) is 43.4 Å². The van der Waals surface area contributed by atoms with E-state index in [4.69, 9.17) is 9.47 Å². The fourth-order valence-electron chi connectivity index (χ4n) is 5.38. The number of amides is 1. The highest BCUT2D eigenvalue weighted by Gasteiger charge is 2.49. The summed E-state index contributed by atoms with van der Waals surface area (Å²) in [4.78, 5) is 20.9. The van der Waals surface area contributed by atoms with Gasteiger partial charge >= 0.3 is 0 Å². The molecule has 2 aliphatic rings. The Bertz CT molecular complexity index is 1120. The highest BCUT2D eigenvalue weighted by Crippen LogP contribution is 2.47. The zero-order valence-electron chi connectivity index (χ0n) is 22.3. The molecular formula is C28H39N3O6. The Labute approximate surface area is 218 Å². The van der Waals surface area contributed by atoms with Crippen LogP contribution in [0.4, 0.5) is 5.82 Å². The van der Waals surface area contributed by atoms with Gasteiger partial charge < -0.3 is 34.6 Å². The maximum atomic E-state index is 12.6. The largest absolute Gasteiger partial charge is 0.493 e. The number of rotatable bonds is 9. The van der Waals surface area contributed by atoms with Gasteiger partial charge in [0.2, 0.25) is 0 Å². The molecule has 202 valence electrons. The molecule has 0 bridgehead atoms. The van der Waals surface area contributed by atoms with Crippen LogP contribution < -0.4 is 14.4 Å². The van der Waals surface area contributed by atoms with Gasteiger partial charge in [-0.1, -0.05) is 19.9 Å². The maximum absolute atomic E-state index is 12.6. The molecule has 37 heavy (non-hydrogen) atoms. The summed E-state index contributed by atoms with van der Waals surface area (Å²) in [7, 11) is 1.60. The summed E-state index contributed by atoms with van der Waals surface area (Å²) in [5.74, 6) is 1.45. The average molecular weight is 514 g/mol. The Kier molecular flexibility index (Phi) is 7.96. The van der Waals surface area contributed by atoms with Crippen LogP contribution in [-0.2, 0) is 11.2 Å². The van der Waals surface area contributed by atoms with E-state index in [1.54, 1.807) is 14.0 Å². The Morgan fingerprint density at radius 3 is 2.54 bits per heavy atom. The number of methoxy groups -OCH3 is 1. The molecule has 0 unspecified atom stereocenters. The first-order valence-corrected chi connectivity index (χ1v) is 12.9. The first-order valence-electron chi connectivity index (χ1n) is 12.9. The SMILES string of the molecule is CCc1cnc(N2CC(Oc3cc([C@@H]4CN(C(=O)[C@@H](O)CO)C[C@@]4(C)[C@@H](C)O)ccc3OC)C2)cc1C. The molecule has 3 N–H and O–H groups in total. The molecule has 2 aromatic rings. The number of benzene rings is 1. The zero-order valence-corrected chi connectivity index (χ0v) is 22.3. The van der Waals surface area contributed by atoms with Gasteiger partial charge in [0.1, 0.15) is 11.9 Å². The van der Waals surface area contributed by atoms with E-state index in [-0.39, 0.29) is 18.6 Å². The molecular weight excluding hydrogens is 474 g/mol. The van der Waals surface area contributed by atoms with E-state index in [1.807, 2.05) is 31.3 Å². The second-order valence-electron chi connectivity index (χ2n) is 10.5. The van der Waals surface area contributed by atoms with E-state index in [9.17, 15) is 20.1 Å². The molecule has 1 aromatic carbocycles. The third-order valence-electron chi connectivity index (χ3n) is 8.10. The minimum absolute atomic E-state index is 0.0263. The Morgan fingerprint density at radius 1 is 1.22 bits per heavy atom. The number of aryl methyl sites for hydroxylation is 2. The van der Waals surface area contributed by atoms with E-state index in [1.165, 1.54) is 16.0 Å². The van der Waals surface area contributed by atoms with Crippen LogP contribution in [0, 0.1) is 12.3 Å². The number of carbonyl (C=O) groups is 1. The van der Waals surface area contributed by atoms with Crippen LogP contribution in [0.15, 0.2) is 30.5 Å². The molecule has 0 spiro atoms. The lowest BCUT2D eigenvalue weighted by molar-refractivity contribution is -0.141. The van der Waals surface area contributed by atoms with Crippen LogP contribution >= 0.6 is 0 Å². The minimum Gasteiger partial charge on any atom is -0.493 e. The van der Waals surface area contributed by atoms with Crippen molar-refractivity contribution in [1.29, 1.82) is 0 Å². The number of aliphatic hydroxyl groups is 3. The van der Waals surface area contributed by atoms with Gasteiger partial charge in [0.25, 0.3) is 5.91 Å². The molecule has 2 fully saturated rings. The maximum Gasteiger partial charge on any atom is 0.253 e. The van der Waals surface area contributed by atoms with Crippen LogP contribution in [-0.4, -0.2) is 89.3 Å². The first kappa shape index (κ1) is 27.2. The fraction of sp³-hybridized carbons (Fsp3) is 0.571. The topological polar surface area (TPSA) is 116 Å². The van der Waals surface area contributed by atoms with Gasteiger partial charge in [-0.05, 0) is 55.2 Å². The molecule has 2 aliphatic heterocycles. The van der Waals surface area contributed by atoms with Gasteiger partial charge in [-0.2, -0.15) is 0 Å². The van der Waals surface area contributed by atoms with Gasteiger partial charge in [0, 0.05) is 30.6 Å². The Balaban J connectivity index is 1.51. The van der Waals surface area contributed by atoms with E-state index in [2.05, 4.69) is 29.8 Å². The number of nitrogens with zero attached hydrogens (tertiary/aromatic N) is 3. The van der Waals surface area contributed by atoms with Gasteiger partial charge in [0.05, 0.1) is 32.9 Å². The molecule has 0 aliphatic carbocycles. The molecule has 2 saturated heterocycles. The summed E-state index contributed by atoms with van der Waals surface area (Å²) in [6, 6.07) is 7.84. The average Bonchev–Trinajstić information content (AvgIpc) is 3.23. The predicted octanol–water partition coefficient (Wildman–Crippen LogP) is 1.89. The fourth-order valence-corrected chi connectivity index (χ4v) is 5.38. The number of pyridine rings is 1. The van der Waals surface area contributed by atoms with Crippen molar-refractivity contribution in [3.8, 4) is 11.5 Å². The second-order valence-corrected chi connectivity index (χ2v) is 10.5. The lowest BCUT2D eigenvalue weighted by atomic mass is 9.72. The van der Waals surface area contributed by atoms with Crippen LogP contribution in [0.5, 0.6) is 11.5 Å². The third kappa shape index (κ3) is 5.26. The van der Waals surface area contributed by atoms with Gasteiger partial charge in [-0.25, -0.2) is 4.98 Å². The van der Waals surface area contributed by atoms with E-state index in [0.29, 0.717) is 31.1 Å². The number of hydrogen-bond acceptors (Lipinski definition) is 8. The Hall–Kier alpha value is -2.88. The normalized spacial score (nSPS) is 23.5. The standard InChI is InChI=1S/C28H39N3O6/c1-6-19-11-29-26(9-17(19)2)30-12-21(13-30)37-25-10-20(7-8-24(25)36-5)22-14-31(27(35)23(34)15-32)16-28(22,4)18(3)33/h7-11,18,21-23,32-34H,6,12-16H2,1-5H3/t18-,22+,23+,28+/m1/s1. The summed E-state index contributed by atoms with van der Waals surface area (Å²) in [6.07, 6.45) is 0.707. The predicted molar refractivity (Wildman–Crippen MR) is 140 cm³/mol. The Morgan fingerprint density at radius 2 is 1.95 bits per heavy atom. The van der Waals surface area contributed by atoms with Gasteiger partial charge in [-0.15, -0.1) is 0 Å². The number of aliphatic hydroxyl groups excluding tert-OH is 3. The van der Waals surface area contributed by atoms with Gasteiger partial charge in [0.15, 0.2) is 17.6 Å². The second kappa shape index (κ2) is 10.8. The van der Waals surface area contributed by atoms with Crippen molar-refractivity contribution in [1.82, 2.24) is 9.88 Å². The smallest absolute Gasteiger partial charge is 0.253 e. The van der Waals surface area contributed by atoms with Crippen molar-refractivity contribution >= 4 is 11.7 Å². The number of ether oxygens (including phenoxy) is 2. The van der Waals surface area contributed by atoms with Crippen molar-refractivity contribution in [2.75, 3.05) is 44.8 Å². The highest BCUT2D eigenvalue weighted by molar-refractivity contribution is 5.81. The monoisotopic (exact) mass is 513 g/mol. The molecule has 0 radical (unpaired) electrons. The van der Waals surface area contributed by atoms with Crippen LogP contribution in [0.3, 0.4) is 0 Å². The number of aromatic nitrogens is 1. The first-order chi connectivity index (χ1) is 17.6. The number of hydrogen-bond donors (Lipinski definition) is 3. The van der Waals surface area contributed by atoms with E-state index in [0.717, 1.165) is 17.8 Å².